The molecule has 32 heavy (non-hydrogen) atoms. The summed E-state index contributed by atoms with van der Waals surface area (Å²) in [4.78, 5) is 12.5. The molecule has 0 unspecified atom stereocenters. The van der Waals surface area contributed by atoms with Crippen molar-refractivity contribution in [2.24, 2.45) is 0 Å². The van der Waals surface area contributed by atoms with E-state index in [1.165, 1.54) is 23.8 Å². The first kappa shape index (κ1) is 23.2. The van der Waals surface area contributed by atoms with E-state index >= 15 is 0 Å². The van der Waals surface area contributed by atoms with Crippen LogP contribution in [-0.4, -0.2) is 18.1 Å². The van der Waals surface area contributed by atoms with E-state index in [2.05, 4.69) is 27.9 Å². The second-order valence-corrected chi connectivity index (χ2v) is 8.14. The third-order valence-electron chi connectivity index (χ3n) is 4.56. The van der Waals surface area contributed by atoms with Gasteiger partial charge in [0.1, 0.15) is 24.0 Å². The lowest BCUT2D eigenvalue weighted by atomic mass is 10.1. The number of hydrogen-bond acceptors (Lipinski definition) is 5. The number of aryl methyl sites for hydroxylation is 1. The summed E-state index contributed by atoms with van der Waals surface area (Å²) in [7, 11) is 1.54. The first-order chi connectivity index (χ1) is 15.4. The maximum absolute atomic E-state index is 12.5. The van der Waals surface area contributed by atoms with Gasteiger partial charge in [0, 0.05) is 5.69 Å². The Kier molecular flexibility index (Phi) is 7.73. The Balaban J connectivity index is 1.80. The van der Waals surface area contributed by atoms with E-state index in [-0.39, 0.29) is 11.3 Å². The number of phenolic OH excluding ortho intramolecular Hbond substituents is 1. The van der Waals surface area contributed by atoms with E-state index in [0.717, 1.165) is 9.13 Å². The number of hydrogen-bond donors (Lipinski definition) is 2. The standard InChI is InChI=1S/C25H21IN2O4/c1-16-3-5-17(6-4-16)15-32-24-22(26)12-18(13-23(24)31-2)11-19(14-27)25(30)28-20-7-9-21(29)10-8-20/h3-13,29H,15H2,1-2H3,(H,28,30)/b19-11-. The predicted octanol–water partition coefficient (Wildman–Crippen LogP) is 5.44. The van der Waals surface area contributed by atoms with Crippen molar-refractivity contribution in [1.82, 2.24) is 0 Å². The van der Waals surface area contributed by atoms with Crippen molar-refractivity contribution >= 4 is 40.3 Å². The summed E-state index contributed by atoms with van der Waals surface area (Å²) in [6.07, 6.45) is 1.49. The van der Waals surface area contributed by atoms with Crippen molar-refractivity contribution in [3.63, 3.8) is 0 Å². The number of aromatic hydroxyl groups is 1. The molecule has 3 aromatic rings. The highest BCUT2D eigenvalue weighted by Gasteiger charge is 2.14. The molecule has 162 valence electrons. The molecule has 0 aromatic heterocycles. The van der Waals surface area contributed by atoms with Gasteiger partial charge in [-0.2, -0.15) is 5.26 Å². The van der Waals surface area contributed by atoms with E-state index in [1.807, 2.05) is 43.3 Å². The molecule has 0 saturated carbocycles. The summed E-state index contributed by atoms with van der Waals surface area (Å²) in [5, 5.41) is 21.5. The third-order valence-corrected chi connectivity index (χ3v) is 5.36. The minimum atomic E-state index is -0.549. The molecule has 1 amide bonds. The molecule has 2 N–H and O–H groups in total. The number of amides is 1. The zero-order valence-electron chi connectivity index (χ0n) is 17.6. The number of ether oxygens (including phenoxy) is 2. The molecular weight excluding hydrogens is 519 g/mol. The first-order valence-electron chi connectivity index (χ1n) is 9.67. The van der Waals surface area contributed by atoms with Gasteiger partial charge in [-0.3, -0.25) is 4.79 Å². The zero-order chi connectivity index (χ0) is 23.1. The lowest BCUT2D eigenvalue weighted by Gasteiger charge is -2.14. The van der Waals surface area contributed by atoms with Gasteiger partial charge in [0.25, 0.3) is 5.91 Å². The molecule has 0 fully saturated rings. The number of anilines is 1. The molecule has 0 atom stereocenters. The van der Waals surface area contributed by atoms with Gasteiger partial charge in [0.2, 0.25) is 0 Å². The van der Waals surface area contributed by atoms with Crippen LogP contribution in [0.3, 0.4) is 0 Å². The van der Waals surface area contributed by atoms with Crippen LogP contribution in [0.25, 0.3) is 6.08 Å². The van der Waals surface area contributed by atoms with Crippen LogP contribution in [0.15, 0.2) is 66.2 Å². The normalized spacial score (nSPS) is 10.9. The van der Waals surface area contributed by atoms with Gasteiger partial charge in [-0.25, -0.2) is 0 Å². The summed E-state index contributed by atoms with van der Waals surface area (Å²) in [5.74, 6) is 0.640. The Labute approximate surface area is 200 Å². The molecule has 3 aromatic carbocycles. The molecule has 0 heterocycles. The van der Waals surface area contributed by atoms with Crippen molar-refractivity contribution in [2.45, 2.75) is 13.5 Å². The Morgan fingerprint density at radius 3 is 2.47 bits per heavy atom. The summed E-state index contributed by atoms with van der Waals surface area (Å²) in [5.41, 5.74) is 3.26. The fourth-order valence-electron chi connectivity index (χ4n) is 2.86. The van der Waals surface area contributed by atoms with E-state index in [4.69, 9.17) is 9.47 Å². The van der Waals surface area contributed by atoms with Gasteiger partial charge < -0.3 is 19.9 Å². The van der Waals surface area contributed by atoms with E-state index < -0.39 is 5.91 Å². The molecule has 0 spiro atoms. The van der Waals surface area contributed by atoms with E-state index in [9.17, 15) is 15.2 Å². The molecule has 0 aliphatic rings. The van der Waals surface area contributed by atoms with Crippen LogP contribution < -0.4 is 14.8 Å². The fourth-order valence-corrected chi connectivity index (χ4v) is 3.64. The van der Waals surface area contributed by atoms with E-state index in [0.29, 0.717) is 29.4 Å². The van der Waals surface area contributed by atoms with Gasteiger partial charge in [-0.1, -0.05) is 29.8 Å². The van der Waals surface area contributed by atoms with Gasteiger partial charge in [-0.15, -0.1) is 0 Å². The molecular formula is C25H21IN2O4. The Bertz CT molecular complexity index is 1180. The maximum Gasteiger partial charge on any atom is 0.266 e. The van der Waals surface area contributed by atoms with Crippen LogP contribution in [-0.2, 0) is 11.4 Å². The van der Waals surface area contributed by atoms with Crippen molar-refractivity contribution < 1.29 is 19.4 Å². The smallest absolute Gasteiger partial charge is 0.266 e. The quantitative estimate of drug-likeness (QED) is 0.180. The highest BCUT2D eigenvalue weighted by Crippen LogP contribution is 2.35. The fraction of sp³-hybridized carbons (Fsp3) is 0.120. The van der Waals surface area contributed by atoms with Crippen LogP contribution in [0, 0.1) is 21.8 Å². The van der Waals surface area contributed by atoms with Crippen LogP contribution >= 0.6 is 22.6 Å². The molecule has 3 rings (SSSR count). The Hall–Kier alpha value is -3.51. The number of benzene rings is 3. The second kappa shape index (κ2) is 10.7. The summed E-state index contributed by atoms with van der Waals surface area (Å²) in [6.45, 7) is 2.42. The monoisotopic (exact) mass is 540 g/mol. The zero-order valence-corrected chi connectivity index (χ0v) is 19.7. The highest BCUT2D eigenvalue weighted by molar-refractivity contribution is 14.1. The molecule has 0 saturated heterocycles. The number of halogens is 1. The van der Waals surface area contributed by atoms with Crippen molar-refractivity contribution in [3.05, 3.63) is 86.5 Å². The van der Waals surface area contributed by atoms with Gasteiger partial charge in [-0.05, 0) is 83.1 Å². The number of carbonyl (C=O) groups excluding carboxylic acids is 1. The summed E-state index contributed by atoms with van der Waals surface area (Å²) < 4.78 is 12.3. The number of nitrogens with zero attached hydrogens (tertiary/aromatic N) is 1. The highest BCUT2D eigenvalue weighted by atomic mass is 127. The SMILES string of the molecule is COc1cc(/C=C(/C#N)C(=O)Nc2ccc(O)cc2)cc(I)c1OCc1ccc(C)cc1. The maximum atomic E-state index is 12.5. The predicted molar refractivity (Wildman–Crippen MR) is 132 cm³/mol. The average Bonchev–Trinajstić information content (AvgIpc) is 2.79. The second-order valence-electron chi connectivity index (χ2n) is 6.98. The first-order valence-corrected chi connectivity index (χ1v) is 10.8. The van der Waals surface area contributed by atoms with Crippen LogP contribution in [0.1, 0.15) is 16.7 Å². The third kappa shape index (κ3) is 6.02. The van der Waals surface area contributed by atoms with Crippen molar-refractivity contribution in [3.8, 4) is 23.3 Å². The Morgan fingerprint density at radius 2 is 1.84 bits per heavy atom. The molecule has 0 radical (unpaired) electrons. The number of phenols is 1. The number of nitriles is 1. The largest absolute Gasteiger partial charge is 0.508 e. The van der Waals surface area contributed by atoms with Gasteiger partial charge in [0.15, 0.2) is 11.5 Å². The van der Waals surface area contributed by atoms with E-state index in [1.54, 1.807) is 25.3 Å². The minimum Gasteiger partial charge on any atom is -0.508 e. The number of nitrogens with one attached hydrogen (secondary N) is 1. The minimum absolute atomic E-state index is 0.0655. The topological polar surface area (TPSA) is 91.6 Å². The molecule has 0 bridgehead atoms. The lowest BCUT2D eigenvalue weighted by Crippen LogP contribution is -2.13. The van der Waals surface area contributed by atoms with Gasteiger partial charge in [0.05, 0.1) is 10.7 Å². The lowest BCUT2D eigenvalue weighted by molar-refractivity contribution is -0.112. The van der Waals surface area contributed by atoms with Crippen LogP contribution in [0.5, 0.6) is 17.2 Å². The average molecular weight is 540 g/mol. The summed E-state index contributed by atoms with van der Waals surface area (Å²) >= 11 is 2.14. The van der Waals surface area contributed by atoms with Gasteiger partial charge >= 0.3 is 0 Å². The molecule has 7 heteroatoms. The van der Waals surface area contributed by atoms with Crippen molar-refractivity contribution in [1.29, 1.82) is 5.26 Å². The Morgan fingerprint density at radius 1 is 1.16 bits per heavy atom. The van der Waals surface area contributed by atoms with Crippen LogP contribution in [0.4, 0.5) is 5.69 Å². The van der Waals surface area contributed by atoms with Crippen LogP contribution in [0.2, 0.25) is 0 Å². The molecule has 6 nitrogen and oxygen atoms in total. The molecule has 0 aliphatic carbocycles. The summed E-state index contributed by atoms with van der Waals surface area (Å²) in [6, 6.07) is 19.6. The number of carbonyl (C=O) groups is 1. The number of methoxy groups -OCH3 is 1. The molecule has 0 aliphatic heterocycles. The number of rotatable bonds is 7. The van der Waals surface area contributed by atoms with Crippen molar-refractivity contribution in [2.75, 3.05) is 12.4 Å².